The van der Waals surface area contributed by atoms with E-state index in [4.69, 9.17) is 5.11 Å². The molecule has 1 heterocycles. The lowest BCUT2D eigenvalue weighted by atomic mass is 10.1. The lowest BCUT2D eigenvalue weighted by molar-refractivity contribution is 0.0699. The first-order chi connectivity index (χ1) is 6.18. The fourth-order valence-corrected chi connectivity index (χ4v) is 2.16. The normalized spacial score (nSPS) is 10.5. The Balaban J connectivity index is 2.79. The molecule has 2 rings (SSSR count). The van der Waals surface area contributed by atoms with Crippen LogP contribution in [0.3, 0.4) is 0 Å². The van der Waals surface area contributed by atoms with Gasteiger partial charge in [-0.25, -0.2) is 4.79 Å². The number of hydrogen-bond donors (Lipinski definition) is 1. The first kappa shape index (κ1) is 8.26. The molecule has 1 aromatic carbocycles. The number of thiophene rings is 1. The first-order valence-electron chi connectivity index (χ1n) is 3.75. The molecule has 1 aromatic heterocycles. The Kier molecular flexibility index (Phi) is 1.81. The minimum Gasteiger partial charge on any atom is -0.478 e. The SMILES string of the molecule is [CH2]c1ccc2scc(C(=O)O)c2c1. The average Bonchev–Trinajstić information content (AvgIpc) is 2.46. The molecular formula is C10H7O2S. The highest BCUT2D eigenvalue weighted by Gasteiger charge is 2.09. The molecule has 0 bridgehead atoms. The maximum atomic E-state index is 10.8. The predicted octanol–water partition coefficient (Wildman–Crippen LogP) is 2.78. The molecule has 2 aromatic rings. The van der Waals surface area contributed by atoms with Gasteiger partial charge in [-0.2, -0.15) is 0 Å². The van der Waals surface area contributed by atoms with Gasteiger partial charge in [0, 0.05) is 15.5 Å². The molecule has 65 valence electrons. The van der Waals surface area contributed by atoms with E-state index in [2.05, 4.69) is 6.92 Å². The van der Waals surface area contributed by atoms with Gasteiger partial charge in [-0.05, 0) is 24.6 Å². The van der Waals surface area contributed by atoms with Gasteiger partial charge in [0.05, 0.1) is 5.56 Å². The minimum atomic E-state index is -0.878. The van der Waals surface area contributed by atoms with Crippen molar-refractivity contribution in [2.24, 2.45) is 0 Å². The Labute approximate surface area is 79.4 Å². The van der Waals surface area contributed by atoms with Crippen LogP contribution in [0.4, 0.5) is 0 Å². The molecule has 0 spiro atoms. The van der Waals surface area contributed by atoms with Crippen LogP contribution < -0.4 is 0 Å². The van der Waals surface area contributed by atoms with Gasteiger partial charge in [-0.1, -0.05) is 6.07 Å². The molecular weight excluding hydrogens is 184 g/mol. The van der Waals surface area contributed by atoms with Crippen molar-refractivity contribution in [1.29, 1.82) is 0 Å². The summed E-state index contributed by atoms with van der Waals surface area (Å²) in [4.78, 5) is 10.8. The first-order valence-corrected chi connectivity index (χ1v) is 4.63. The zero-order valence-electron chi connectivity index (χ0n) is 6.78. The topological polar surface area (TPSA) is 37.3 Å². The summed E-state index contributed by atoms with van der Waals surface area (Å²) < 4.78 is 0.991. The van der Waals surface area contributed by atoms with Crippen molar-refractivity contribution in [3.8, 4) is 0 Å². The third-order valence-corrected chi connectivity index (χ3v) is 2.83. The van der Waals surface area contributed by atoms with E-state index in [0.717, 1.165) is 15.6 Å². The summed E-state index contributed by atoms with van der Waals surface area (Å²) in [5.41, 5.74) is 1.21. The summed E-state index contributed by atoms with van der Waals surface area (Å²) in [6.07, 6.45) is 0. The van der Waals surface area contributed by atoms with Crippen LogP contribution in [-0.4, -0.2) is 11.1 Å². The summed E-state index contributed by atoms with van der Waals surface area (Å²) in [6.45, 7) is 3.76. The molecule has 1 N–H and O–H groups in total. The predicted molar refractivity (Wildman–Crippen MR) is 53.2 cm³/mol. The molecule has 0 atom stereocenters. The number of hydrogen-bond acceptors (Lipinski definition) is 2. The summed E-state index contributed by atoms with van der Waals surface area (Å²) in [6, 6.07) is 5.58. The maximum Gasteiger partial charge on any atom is 0.337 e. The number of carboxylic acid groups (broad SMARTS) is 1. The minimum absolute atomic E-state index is 0.366. The lowest BCUT2D eigenvalue weighted by Gasteiger charge is -1.94. The van der Waals surface area contributed by atoms with E-state index >= 15 is 0 Å². The van der Waals surface area contributed by atoms with Gasteiger partial charge in [-0.3, -0.25) is 0 Å². The second-order valence-corrected chi connectivity index (χ2v) is 3.70. The van der Waals surface area contributed by atoms with Crippen LogP contribution in [-0.2, 0) is 0 Å². The molecule has 0 aliphatic carbocycles. The zero-order chi connectivity index (χ0) is 9.42. The van der Waals surface area contributed by atoms with E-state index in [0.29, 0.717) is 5.56 Å². The van der Waals surface area contributed by atoms with Crippen molar-refractivity contribution in [1.82, 2.24) is 0 Å². The summed E-state index contributed by atoms with van der Waals surface area (Å²) in [7, 11) is 0. The van der Waals surface area contributed by atoms with E-state index in [1.54, 1.807) is 11.4 Å². The average molecular weight is 191 g/mol. The van der Waals surface area contributed by atoms with Crippen LogP contribution >= 0.6 is 11.3 Å². The number of fused-ring (bicyclic) bond motifs is 1. The van der Waals surface area contributed by atoms with Gasteiger partial charge < -0.3 is 5.11 Å². The molecule has 0 unspecified atom stereocenters. The van der Waals surface area contributed by atoms with Gasteiger partial charge in [0.2, 0.25) is 0 Å². The molecule has 13 heavy (non-hydrogen) atoms. The fourth-order valence-electron chi connectivity index (χ4n) is 1.24. The Morgan fingerprint density at radius 1 is 1.46 bits per heavy atom. The Hall–Kier alpha value is -1.35. The molecule has 0 saturated heterocycles. The maximum absolute atomic E-state index is 10.8. The van der Waals surface area contributed by atoms with Crippen molar-refractivity contribution in [3.63, 3.8) is 0 Å². The van der Waals surface area contributed by atoms with Crippen molar-refractivity contribution in [3.05, 3.63) is 41.6 Å². The van der Waals surface area contributed by atoms with Crippen LogP contribution in [0, 0.1) is 6.92 Å². The van der Waals surface area contributed by atoms with Crippen LogP contribution in [0.1, 0.15) is 15.9 Å². The second-order valence-electron chi connectivity index (χ2n) is 2.79. The lowest BCUT2D eigenvalue weighted by Crippen LogP contribution is -1.93. The number of carbonyl (C=O) groups is 1. The van der Waals surface area contributed by atoms with Gasteiger partial charge in [0.15, 0.2) is 0 Å². The van der Waals surface area contributed by atoms with Crippen molar-refractivity contribution < 1.29 is 9.90 Å². The standard InChI is InChI=1S/C10H7O2S/c1-6-2-3-9-7(4-6)8(5-13-9)10(11)12/h2-5H,1H2,(H,11,12). The Bertz CT molecular complexity index is 471. The third-order valence-electron chi connectivity index (χ3n) is 1.87. The monoisotopic (exact) mass is 191 g/mol. The number of aromatic carboxylic acids is 1. The molecule has 0 aliphatic heterocycles. The molecule has 0 aliphatic rings. The van der Waals surface area contributed by atoms with Crippen LogP contribution in [0.25, 0.3) is 10.1 Å². The summed E-state index contributed by atoms with van der Waals surface area (Å²) >= 11 is 1.44. The second kappa shape index (κ2) is 2.85. The van der Waals surface area contributed by atoms with Crippen LogP contribution in [0.2, 0.25) is 0 Å². The summed E-state index contributed by atoms with van der Waals surface area (Å²) in [5.74, 6) is -0.878. The van der Waals surface area contributed by atoms with Crippen molar-refractivity contribution >= 4 is 27.4 Å². The number of rotatable bonds is 1. The van der Waals surface area contributed by atoms with Gasteiger partial charge in [0.25, 0.3) is 0 Å². The van der Waals surface area contributed by atoms with E-state index in [9.17, 15) is 4.79 Å². The molecule has 0 fully saturated rings. The number of carboxylic acids is 1. The van der Waals surface area contributed by atoms with Crippen LogP contribution in [0.15, 0.2) is 23.6 Å². The van der Waals surface area contributed by atoms with E-state index in [1.165, 1.54) is 11.3 Å². The van der Waals surface area contributed by atoms with E-state index in [-0.39, 0.29) is 0 Å². The third kappa shape index (κ3) is 1.31. The van der Waals surface area contributed by atoms with Gasteiger partial charge in [-0.15, -0.1) is 11.3 Å². The molecule has 2 nitrogen and oxygen atoms in total. The van der Waals surface area contributed by atoms with Gasteiger partial charge in [0.1, 0.15) is 0 Å². The molecule has 0 amide bonds. The Morgan fingerprint density at radius 2 is 2.23 bits per heavy atom. The summed E-state index contributed by atoms with van der Waals surface area (Å²) in [5, 5.41) is 11.3. The Morgan fingerprint density at radius 3 is 2.92 bits per heavy atom. The number of benzene rings is 1. The highest BCUT2D eigenvalue weighted by molar-refractivity contribution is 7.17. The largest absolute Gasteiger partial charge is 0.478 e. The molecule has 1 radical (unpaired) electrons. The van der Waals surface area contributed by atoms with Crippen molar-refractivity contribution in [2.75, 3.05) is 0 Å². The molecule has 3 heteroatoms. The highest BCUT2D eigenvalue weighted by Crippen LogP contribution is 2.26. The quantitative estimate of drug-likeness (QED) is 0.752. The van der Waals surface area contributed by atoms with E-state index < -0.39 is 5.97 Å². The zero-order valence-corrected chi connectivity index (χ0v) is 7.60. The highest BCUT2D eigenvalue weighted by atomic mass is 32.1. The van der Waals surface area contributed by atoms with Gasteiger partial charge >= 0.3 is 5.97 Å². The van der Waals surface area contributed by atoms with E-state index in [1.807, 2.05) is 12.1 Å². The van der Waals surface area contributed by atoms with Crippen molar-refractivity contribution in [2.45, 2.75) is 0 Å². The van der Waals surface area contributed by atoms with Crippen LogP contribution in [0.5, 0.6) is 0 Å². The fraction of sp³-hybridized carbons (Fsp3) is 0. The molecule has 0 saturated carbocycles. The smallest absolute Gasteiger partial charge is 0.337 e.